The van der Waals surface area contributed by atoms with Gasteiger partial charge in [0.05, 0.1) is 13.2 Å². The lowest BCUT2D eigenvalue weighted by Crippen LogP contribution is -2.45. The van der Waals surface area contributed by atoms with Gasteiger partial charge in [-0.2, -0.15) is 0 Å². The molecule has 28 heavy (non-hydrogen) atoms. The minimum atomic E-state index is -0.668. The molecule has 150 valence electrons. The van der Waals surface area contributed by atoms with Crippen LogP contribution in [0.5, 0.6) is 17.2 Å². The summed E-state index contributed by atoms with van der Waals surface area (Å²) in [7, 11) is 1.60. The molecular weight excluding hydrogens is 361 g/mol. The molecule has 2 aromatic rings. The van der Waals surface area contributed by atoms with Crippen LogP contribution in [0.15, 0.2) is 42.5 Å². The zero-order valence-corrected chi connectivity index (χ0v) is 16.6. The Morgan fingerprint density at radius 3 is 2.57 bits per heavy atom. The molecule has 1 aliphatic heterocycles. The van der Waals surface area contributed by atoms with Crippen molar-refractivity contribution in [1.82, 2.24) is 5.32 Å². The van der Waals surface area contributed by atoms with E-state index in [-0.39, 0.29) is 17.8 Å². The summed E-state index contributed by atoms with van der Waals surface area (Å²) in [4.78, 5) is 12.9. The quantitative estimate of drug-likeness (QED) is 0.798. The smallest absolute Gasteiger partial charge is 0.261 e. The first-order valence-corrected chi connectivity index (χ1v) is 9.41. The van der Waals surface area contributed by atoms with Gasteiger partial charge in [-0.15, -0.1) is 0 Å². The zero-order valence-electron chi connectivity index (χ0n) is 16.6. The van der Waals surface area contributed by atoms with Gasteiger partial charge < -0.3 is 19.5 Å². The molecule has 0 saturated carbocycles. The number of carbonyl (C=O) groups is 1. The fourth-order valence-corrected chi connectivity index (χ4v) is 3.35. The zero-order chi connectivity index (χ0) is 20.3. The molecule has 0 aromatic heterocycles. The van der Waals surface area contributed by atoms with Crippen LogP contribution in [0.2, 0.25) is 0 Å². The van der Waals surface area contributed by atoms with Crippen molar-refractivity contribution in [3.05, 3.63) is 53.8 Å². The van der Waals surface area contributed by atoms with E-state index in [1.165, 1.54) is 24.3 Å². The minimum Gasteiger partial charge on any atom is -0.497 e. The van der Waals surface area contributed by atoms with Gasteiger partial charge in [0.2, 0.25) is 0 Å². The van der Waals surface area contributed by atoms with Crippen molar-refractivity contribution in [3.63, 3.8) is 0 Å². The van der Waals surface area contributed by atoms with Crippen molar-refractivity contribution < 1.29 is 23.4 Å². The van der Waals surface area contributed by atoms with Gasteiger partial charge in [0.15, 0.2) is 6.10 Å². The summed E-state index contributed by atoms with van der Waals surface area (Å²) >= 11 is 0. The van der Waals surface area contributed by atoms with E-state index in [0.717, 1.165) is 5.56 Å². The minimum absolute atomic E-state index is 0.206. The van der Waals surface area contributed by atoms with Crippen molar-refractivity contribution in [2.75, 3.05) is 7.11 Å². The number of amides is 1. The highest BCUT2D eigenvalue weighted by molar-refractivity contribution is 5.81. The van der Waals surface area contributed by atoms with Crippen molar-refractivity contribution in [1.29, 1.82) is 0 Å². The predicted molar refractivity (Wildman–Crippen MR) is 104 cm³/mol. The van der Waals surface area contributed by atoms with E-state index in [1.54, 1.807) is 7.11 Å². The second-order valence-corrected chi connectivity index (χ2v) is 7.50. The molecule has 1 aliphatic rings. The fourth-order valence-electron chi connectivity index (χ4n) is 3.35. The molecule has 1 heterocycles. The molecule has 1 amide bonds. The van der Waals surface area contributed by atoms with Crippen LogP contribution in [0.3, 0.4) is 0 Å². The van der Waals surface area contributed by atoms with Crippen LogP contribution in [0.4, 0.5) is 4.39 Å². The number of benzene rings is 2. The van der Waals surface area contributed by atoms with Gasteiger partial charge in [-0.3, -0.25) is 4.79 Å². The second-order valence-electron chi connectivity index (χ2n) is 7.50. The molecule has 0 aliphatic carbocycles. The molecule has 6 heteroatoms. The Morgan fingerprint density at radius 2 is 1.93 bits per heavy atom. The maximum absolute atomic E-state index is 13.1. The summed E-state index contributed by atoms with van der Waals surface area (Å²) in [6.45, 7) is 5.85. The Labute approximate surface area is 164 Å². The molecule has 0 radical (unpaired) electrons. The van der Waals surface area contributed by atoms with Crippen LogP contribution < -0.4 is 19.5 Å². The maximum atomic E-state index is 13.1. The maximum Gasteiger partial charge on any atom is 0.261 e. The SMILES string of the molecule is CC[C@H](Oc1ccc(F)cc1)C(=O)N[C@H]1CC(C)(C)Oc2cc(OC)ccc21. The van der Waals surface area contributed by atoms with Gasteiger partial charge in [0.25, 0.3) is 5.91 Å². The molecule has 0 fully saturated rings. The van der Waals surface area contributed by atoms with Gasteiger partial charge in [0.1, 0.15) is 28.7 Å². The molecule has 5 nitrogen and oxygen atoms in total. The second kappa shape index (κ2) is 8.09. The molecule has 0 bridgehead atoms. The van der Waals surface area contributed by atoms with E-state index in [2.05, 4.69) is 5.32 Å². The van der Waals surface area contributed by atoms with Crippen LogP contribution in [-0.4, -0.2) is 24.7 Å². The third-order valence-electron chi connectivity index (χ3n) is 4.75. The number of rotatable bonds is 6. The van der Waals surface area contributed by atoms with Gasteiger partial charge >= 0.3 is 0 Å². The number of nitrogens with one attached hydrogen (secondary N) is 1. The Balaban J connectivity index is 1.77. The lowest BCUT2D eigenvalue weighted by Gasteiger charge is -2.38. The molecule has 0 saturated heterocycles. The first-order chi connectivity index (χ1) is 13.3. The van der Waals surface area contributed by atoms with E-state index >= 15 is 0 Å². The Kier molecular flexibility index (Phi) is 5.77. The fraction of sp³-hybridized carbons (Fsp3) is 0.409. The largest absolute Gasteiger partial charge is 0.497 e. The summed E-state index contributed by atoms with van der Waals surface area (Å²) < 4.78 is 30.2. The monoisotopic (exact) mass is 387 g/mol. The molecule has 0 spiro atoms. The van der Waals surface area contributed by atoms with Crippen LogP contribution >= 0.6 is 0 Å². The van der Waals surface area contributed by atoms with Crippen molar-refractivity contribution >= 4 is 5.91 Å². The Hall–Kier alpha value is -2.76. The van der Waals surface area contributed by atoms with Gasteiger partial charge in [0, 0.05) is 18.1 Å². The third kappa shape index (κ3) is 4.55. The van der Waals surface area contributed by atoms with Crippen LogP contribution in [0.1, 0.15) is 45.2 Å². The Morgan fingerprint density at radius 1 is 1.25 bits per heavy atom. The topological polar surface area (TPSA) is 56.8 Å². The van der Waals surface area contributed by atoms with Crippen molar-refractivity contribution in [2.45, 2.75) is 51.4 Å². The summed E-state index contributed by atoms with van der Waals surface area (Å²) in [6, 6.07) is 11.1. The van der Waals surface area contributed by atoms with E-state index in [1.807, 2.05) is 39.0 Å². The lowest BCUT2D eigenvalue weighted by molar-refractivity contribution is -0.129. The van der Waals surface area contributed by atoms with Crippen LogP contribution in [0.25, 0.3) is 0 Å². The van der Waals surface area contributed by atoms with Gasteiger partial charge in [-0.25, -0.2) is 4.39 Å². The highest BCUT2D eigenvalue weighted by atomic mass is 19.1. The van der Waals surface area contributed by atoms with E-state index in [9.17, 15) is 9.18 Å². The summed E-state index contributed by atoms with van der Waals surface area (Å²) in [5, 5.41) is 3.09. The molecule has 0 unspecified atom stereocenters. The van der Waals surface area contributed by atoms with E-state index in [0.29, 0.717) is 30.1 Å². The lowest BCUT2D eigenvalue weighted by atomic mass is 9.89. The van der Waals surface area contributed by atoms with Crippen LogP contribution in [-0.2, 0) is 4.79 Å². The number of fused-ring (bicyclic) bond motifs is 1. The number of carbonyl (C=O) groups excluding carboxylic acids is 1. The highest BCUT2D eigenvalue weighted by Crippen LogP contribution is 2.41. The normalized spacial score (nSPS) is 18.4. The number of halogens is 1. The van der Waals surface area contributed by atoms with Gasteiger partial charge in [-0.1, -0.05) is 6.92 Å². The number of hydrogen-bond donors (Lipinski definition) is 1. The summed E-state index contributed by atoms with van der Waals surface area (Å²) in [6.07, 6.45) is 0.453. The third-order valence-corrected chi connectivity index (χ3v) is 4.75. The van der Waals surface area contributed by atoms with Crippen molar-refractivity contribution in [2.24, 2.45) is 0 Å². The molecule has 2 atom stereocenters. The standard InChI is InChI=1S/C22H26FNO4/c1-5-19(27-15-8-6-14(23)7-9-15)21(25)24-18-13-22(2,3)28-20-12-16(26-4)10-11-17(18)20/h6-12,18-19H,5,13H2,1-4H3,(H,24,25)/t18-,19-/m0/s1. The summed E-state index contributed by atoms with van der Waals surface area (Å²) in [5.74, 6) is 1.31. The molecule has 3 rings (SSSR count). The number of ether oxygens (including phenoxy) is 3. The highest BCUT2D eigenvalue weighted by Gasteiger charge is 2.36. The van der Waals surface area contributed by atoms with Gasteiger partial charge in [-0.05, 0) is 56.7 Å². The van der Waals surface area contributed by atoms with E-state index in [4.69, 9.17) is 14.2 Å². The molecule has 1 N–H and O–H groups in total. The van der Waals surface area contributed by atoms with Crippen LogP contribution in [0, 0.1) is 5.82 Å². The number of methoxy groups -OCH3 is 1. The first-order valence-electron chi connectivity index (χ1n) is 9.41. The first kappa shape index (κ1) is 20.0. The van der Waals surface area contributed by atoms with Crippen molar-refractivity contribution in [3.8, 4) is 17.2 Å². The van der Waals surface area contributed by atoms with E-state index < -0.39 is 11.7 Å². The Bertz CT molecular complexity index is 835. The molecular formula is C22H26FNO4. The summed E-state index contributed by atoms with van der Waals surface area (Å²) in [5.41, 5.74) is 0.474. The number of hydrogen-bond acceptors (Lipinski definition) is 4. The predicted octanol–water partition coefficient (Wildman–Crippen LogP) is 4.41. The average Bonchev–Trinajstić information content (AvgIpc) is 2.66. The molecule has 2 aromatic carbocycles. The average molecular weight is 387 g/mol.